The first kappa shape index (κ1) is 17.3. The van der Waals surface area contributed by atoms with Crippen LogP contribution in [0.3, 0.4) is 0 Å². The Bertz CT molecular complexity index is 747. The average Bonchev–Trinajstić information content (AvgIpc) is 2.57. The van der Waals surface area contributed by atoms with Crippen molar-refractivity contribution >= 4 is 17.7 Å². The highest BCUT2D eigenvalue weighted by molar-refractivity contribution is 6.36. The van der Waals surface area contributed by atoms with Crippen molar-refractivity contribution in [3.05, 3.63) is 65.7 Å². The fourth-order valence-corrected chi connectivity index (χ4v) is 2.30. The van der Waals surface area contributed by atoms with Gasteiger partial charge in [0.15, 0.2) is 0 Å². The number of carbonyl (C=O) groups is 3. The molecule has 1 N–H and O–H groups in total. The molecule has 7 heteroatoms. The summed E-state index contributed by atoms with van der Waals surface area (Å²) in [5.74, 6) is -3.91. The Kier molecular flexibility index (Phi) is 5.36. The van der Waals surface area contributed by atoms with Crippen LogP contribution in [-0.2, 0) is 14.4 Å². The van der Waals surface area contributed by atoms with E-state index in [2.05, 4.69) is 4.98 Å². The molecule has 0 saturated carbocycles. The third-order valence-electron chi connectivity index (χ3n) is 3.52. The van der Waals surface area contributed by atoms with Gasteiger partial charge in [-0.1, -0.05) is 18.2 Å². The van der Waals surface area contributed by atoms with Crippen LogP contribution in [0.5, 0.6) is 0 Å². The van der Waals surface area contributed by atoms with Crippen molar-refractivity contribution in [2.24, 2.45) is 0 Å². The van der Waals surface area contributed by atoms with Crippen LogP contribution in [0.2, 0.25) is 0 Å². The molecule has 0 spiro atoms. The Hall–Kier alpha value is -3.09. The van der Waals surface area contributed by atoms with Gasteiger partial charge in [-0.05, 0) is 29.3 Å². The molecule has 1 aromatic carbocycles. The van der Waals surface area contributed by atoms with Crippen LogP contribution in [0.25, 0.3) is 0 Å². The van der Waals surface area contributed by atoms with Gasteiger partial charge in [0.1, 0.15) is 5.82 Å². The maximum atomic E-state index is 13.2. The first-order valence-electron chi connectivity index (χ1n) is 7.07. The molecule has 24 heavy (non-hydrogen) atoms. The van der Waals surface area contributed by atoms with Crippen molar-refractivity contribution < 1.29 is 23.9 Å². The highest BCUT2D eigenvalue weighted by Crippen LogP contribution is 2.27. The molecule has 0 aliphatic rings. The van der Waals surface area contributed by atoms with Gasteiger partial charge in [-0.25, -0.2) is 9.18 Å². The third kappa shape index (κ3) is 4.01. The lowest BCUT2D eigenvalue weighted by molar-refractivity contribution is -0.151. The van der Waals surface area contributed by atoms with E-state index in [1.807, 2.05) is 0 Å². The molecular formula is C17H15FN2O4. The van der Waals surface area contributed by atoms with Gasteiger partial charge in [0.05, 0.1) is 12.5 Å². The molecule has 0 radical (unpaired) electrons. The number of hydrogen-bond acceptors (Lipinski definition) is 4. The zero-order chi connectivity index (χ0) is 17.7. The molecule has 0 bridgehead atoms. The monoisotopic (exact) mass is 330 g/mol. The number of halogens is 1. The van der Waals surface area contributed by atoms with Crippen molar-refractivity contribution in [2.75, 3.05) is 7.05 Å². The van der Waals surface area contributed by atoms with Gasteiger partial charge in [0.25, 0.3) is 0 Å². The van der Waals surface area contributed by atoms with E-state index >= 15 is 0 Å². The zero-order valence-corrected chi connectivity index (χ0v) is 12.8. The standard InChI is InChI=1S/C17H15FN2O4/c1-20(15(22)9-14(21)17(23)24)16(12-3-2-8-19-10-12)11-4-6-13(18)7-5-11/h2-8,10,16H,9H2,1H3,(H,23,24). The predicted octanol–water partition coefficient (Wildman–Crippen LogP) is 1.81. The number of hydrogen-bond donors (Lipinski definition) is 1. The molecule has 6 nitrogen and oxygen atoms in total. The van der Waals surface area contributed by atoms with E-state index in [4.69, 9.17) is 5.11 Å². The van der Waals surface area contributed by atoms with E-state index in [-0.39, 0.29) is 0 Å². The number of carboxylic acids is 1. The maximum absolute atomic E-state index is 13.2. The number of rotatable bonds is 6. The SMILES string of the molecule is CN(C(=O)CC(=O)C(=O)O)C(c1ccc(F)cc1)c1cccnc1. The number of nitrogens with zero attached hydrogens (tertiary/aromatic N) is 2. The summed E-state index contributed by atoms with van der Waals surface area (Å²) in [6.45, 7) is 0. The molecule has 0 saturated heterocycles. The zero-order valence-electron chi connectivity index (χ0n) is 12.8. The molecule has 1 heterocycles. The number of aromatic nitrogens is 1. The van der Waals surface area contributed by atoms with E-state index in [9.17, 15) is 18.8 Å². The molecule has 1 aromatic heterocycles. The Balaban J connectivity index is 2.35. The van der Waals surface area contributed by atoms with Gasteiger partial charge in [-0.15, -0.1) is 0 Å². The fourth-order valence-electron chi connectivity index (χ4n) is 2.30. The molecule has 1 unspecified atom stereocenters. The van der Waals surface area contributed by atoms with E-state index in [0.29, 0.717) is 11.1 Å². The van der Waals surface area contributed by atoms with Crippen LogP contribution in [0.4, 0.5) is 4.39 Å². The number of benzene rings is 1. The van der Waals surface area contributed by atoms with Crippen molar-refractivity contribution in [3.63, 3.8) is 0 Å². The molecule has 2 rings (SSSR count). The molecule has 1 atom stereocenters. The normalized spacial score (nSPS) is 11.6. The van der Waals surface area contributed by atoms with Crippen molar-refractivity contribution in [1.82, 2.24) is 9.88 Å². The van der Waals surface area contributed by atoms with E-state index in [1.165, 1.54) is 36.2 Å². The fraction of sp³-hybridized carbons (Fsp3) is 0.176. The minimum absolute atomic E-state index is 0.418. The quantitative estimate of drug-likeness (QED) is 0.645. The molecule has 0 aliphatic carbocycles. The first-order chi connectivity index (χ1) is 11.4. The van der Waals surface area contributed by atoms with Crippen LogP contribution >= 0.6 is 0 Å². The van der Waals surface area contributed by atoms with Crippen LogP contribution in [-0.4, -0.2) is 39.7 Å². The van der Waals surface area contributed by atoms with E-state index in [1.54, 1.807) is 24.5 Å². The number of Topliss-reactive ketones (excluding diaryl/α,β-unsaturated/α-hetero) is 1. The van der Waals surface area contributed by atoms with Gasteiger partial charge in [0, 0.05) is 19.4 Å². The van der Waals surface area contributed by atoms with Gasteiger partial charge >= 0.3 is 5.97 Å². The minimum Gasteiger partial charge on any atom is -0.475 e. The number of carbonyl (C=O) groups excluding carboxylic acids is 2. The largest absolute Gasteiger partial charge is 0.475 e. The summed E-state index contributed by atoms with van der Waals surface area (Å²) >= 11 is 0. The number of ketones is 1. The first-order valence-corrected chi connectivity index (χ1v) is 7.07. The Morgan fingerprint density at radius 1 is 1.17 bits per heavy atom. The highest BCUT2D eigenvalue weighted by Gasteiger charge is 2.27. The second-order valence-electron chi connectivity index (χ2n) is 5.15. The molecule has 0 fully saturated rings. The minimum atomic E-state index is -1.66. The lowest BCUT2D eigenvalue weighted by atomic mass is 9.98. The van der Waals surface area contributed by atoms with Crippen molar-refractivity contribution in [3.8, 4) is 0 Å². The smallest absolute Gasteiger partial charge is 0.372 e. The Labute approximate surface area is 137 Å². The molecule has 0 aliphatic heterocycles. The lowest BCUT2D eigenvalue weighted by Gasteiger charge is -2.28. The van der Waals surface area contributed by atoms with Gasteiger partial charge in [0.2, 0.25) is 11.7 Å². The van der Waals surface area contributed by atoms with Crippen LogP contribution in [0.1, 0.15) is 23.6 Å². The molecular weight excluding hydrogens is 315 g/mol. The molecule has 2 aromatic rings. The number of pyridine rings is 1. The van der Waals surface area contributed by atoms with Crippen molar-refractivity contribution in [2.45, 2.75) is 12.5 Å². The topological polar surface area (TPSA) is 87.6 Å². The second kappa shape index (κ2) is 7.45. The molecule has 124 valence electrons. The maximum Gasteiger partial charge on any atom is 0.372 e. The summed E-state index contributed by atoms with van der Waals surface area (Å²) in [5.41, 5.74) is 1.27. The molecule has 1 amide bonds. The third-order valence-corrected chi connectivity index (χ3v) is 3.52. The van der Waals surface area contributed by atoms with Crippen LogP contribution in [0, 0.1) is 5.82 Å². The van der Waals surface area contributed by atoms with Crippen molar-refractivity contribution in [1.29, 1.82) is 0 Å². The summed E-state index contributed by atoms with van der Waals surface area (Å²) in [5, 5.41) is 8.64. The number of aliphatic carboxylic acids is 1. The summed E-state index contributed by atoms with van der Waals surface area (Å²) < 4.78 is 13.2. The second-order valence-corrected chi connectivity index (χ2v) is 5.15. The van der Waals surface area contributed by atoms with Gasteiger partial charge < -0.3 is 10.0 Å². The summed E-state index contributed by atoms with van der Waals surface area (Å²) in [6.07, 6.45) is 2.38. The highest BCUT2D eigenvalue weighted by atomic mass is 19.1. The van der Waals surface area contributed by atoms with Gasteiger partial charge in [-0.2, -0.15) is 0 Å². The van der Waals surface area contributed by atoms with Crippen LogP contribution in [0.15, 0.2) is 48.8 Å². The van der Waals surface area contributed by atoms with Crippen LogP contribution < -0.4 is 0 Å². The summed E-state index contributed by atoms with van der Waals surface area (Å²) in [7, 11) is 1.46. The number of carboxylic acid groups (broad SMARTS) is 1. The Morgan fingerprint density at radius 3 is 2.38 bits per heavy atom. The lowest BCUT2D eigenvalue weighted by Crippen LogP contribution is -2.34. The van der Waals surface area contributed by atoms with Gasteiger partial charge in [-0.3, -0.25) is 14.6 Å². The average molecular weight is 330 g/mol. The van der Waals surface area contributed by atoms with E-state index < -0.39 is 35.9 Å². The summed E-state index contributed by atoms with van der Waals surface area (Å²) in [6, 6.07) is 8.38. The Morgan fingerprint density at radius 2 is 1.83 bits per heavy atom. The summed E-state index contributed by atoms with van der Waals surface area (Å²) in [4.78, 5) is 39.4. The predicted molar refractivity (Wildman–Crippen MR) is 82.5 cm³/mol. The van der Waals surface area contributed by atoms with E-state index in [0.717, 1.165) is 0 Å². The number of amides is 1.